The van der Waals surface area contributed by atoms with E-state index < -0.39 is 0 Å². The Bertz CT molecular complexity index is 398. The van der Waals surface area contributed by atoms with Gasteiger partial charge >= 0.3 is 5.97 Å². The molecule has 1 aliphatic rings. The SMILES string of the molecule is CC(Nc1ccccn1)=C1CCOC1=O. The standard InChI is InChI=1S/C11H12N2O2/c1-8(9-5-7-15-11(9)14)13-10-4-2-3-6-12-10/h2-4,6H,5,7H2,1H3,(H,12,13). The van der Waals surface area contributed by atoms with E-state index in [1.807, 2.05) is 25.1 Å². The maximum atomic E-state index is 11.3. The van der Waals surface area contributed by atoms with Crippen molar-refractivity contribution in [3.63, 3.8) is 0 Å². The smallest absolute Gasteiger partial charge is 0.335 e. The van der Waals surface area contributed by atoms with Crippen LogP contribution in [0.2, 0.25) is 0 Å². The third kappa shape index (κ3) is 2.15. The first-order valence-electron chi connectivity index (χ1n) is 4.82. The summed E-state index contributed by atoms with van der Waals surface area (Å²) in [4.78, 5) is 15.4. The molecule has 0 radical (unpaired) electrons. The number of carbonyl (C=O) groups is 1. The van der Waals surface area contributed by atoms with E-state index in [-0.39, 0.29) is 5.97 Å². The molecule has 0 saturated carbocycles. The molecule has 4 nitrogen and oxygen atoms in total. The molecule has 1 aromatic heterocycles. The van der Waals surface area contributed by atoms with Crippen LogP contribution < -0.4 is 5.32 Å². The summed E-state index contributed by atoms with van der Waals surface area (Å²) >= 11 is 0. The van der Waals surface area contributed by atoms with Crippen molar-refractivity contribution in [2.45, 2.75) is 13.3 Å². The highest BCUT2D eigenvalue weighted by Crippen LogP contribution is 2.18. The van der Waals surface area contributed by atoms with Gasteiger partial charge in [0.05, 0.1) is 12.2 Å². The van der Waals surface area contributed by atoms with E-state index in [2.05, 4.69) is 10.3 Å². The lowest BCUT2D eigenvalue weighted by Gasteiger charge is -2.06. The van der Waals surface area contributed by atoms with Gasteiger partial charge in [-0.2, -0.15) is 0 Å². The van der Waals surface area contributed by atoms with Gasteiger partial charge in [-0.05, 0) is 19.1 Å². The Morgan fingerprint density at radius 2 is 2.40 bits per heavy atom. The van der Waals surface area contributed by atoms with Crippen LogP contribution in [0.25, 0.3) is 0 Å². The van der Waals surface area contributed by atoms with Crippen molar-refractivity contribution >= 4 is 11.8 Å². The highest BCUT2D eigenvalue weighted by atomic mass is 16.5. The normalized spacial score (nSPS) is 18.6. The van der Waals surface area contributed by atoms with Gasteiger partial charge < -0.3 is 10.1 Å². The lowest BCUT2D eigenvalue weighted by Crippen LogP contribution is -2.05. The molecule has 0 amide bonds. The van der Waals surface area contributed by atoms with Crippen molar-refractivity contribution in [1.29, 1.82) is 0 Å². The van der Waals surface area contributed by atoms with Crippen LogP contribution in [0.15, 0.2) is 35.7 Å². The second-order valence-corrected chi connectivity index (χ2v) is 3.33. The van der Waals surface area contributed by atoms with Gasteiger partial charge in [-0.3, -0.25) is 0 Å². The van der Waals surface area contributed by atoms with Gasteiger partial charge in [0.15, 0.2) is 0 Å². The molecule has 15 heavy (non-hydrogen) atoms. The zero-order valence-corrected chi connectivity index (χ0v) is 8.49. The zero-order chi connectivity index (χ0) is 10.7. The van der Waals surface area contributed by atoms with E-state index in [1.165, 1.54) is 0 Å². The molecule has 2 rings (SSSR count). The Kier molecular flexibility index (Phi) is 2.67. The van der Waals surface area contributed by atoms with Crippen molar-refractivity contribution in [3.05, 3.63) is 35.7 Å². The fourth-order valence-electron chi connectivity index (χ4n) is 1.48. The Morgan fingerprint density at radius 1 is 1.53 bits per heavy atom. The largest absolute Gasteiger partial charge is 0.462 e. The van der Waals surface area contributed by atoms with Gasteiger partial charge in [-0.15, -0.1) is 0 Å². The van der Waals surface area contributed by atoms with Crippen LogP contribution in [-0.4, -0.2) is 17.6 Å². The first-order valence-corrected chi connectivity index (χ1v) is 4.82. The van der Waals surface area contributed by atoms with Gasteiger partial charge in [0.1, 0.15) is 5.82 Å². The molecule has 1 aliphatic heterocycles. The zero-order valence-electron chi connectivity index (χ0n) is 8.49. The maximum absolute atomic E-state index is 11.3. The Labute approximate surface area is 88.0 Å². The number of rotatable bonds is 2. The highest BCUT2D eigenvalue weighted by molar-refractivity contribution is 5.91. The summed E-state index contributed by atoms with van der Waals surface area (Å²) in [6, 6.07) is 5.59. The number of ether oxygens (including phenoxy) is 1. The Balaban J connectivity index is 2.16. The summed E-state index contributed by atoms with van der Waals surface area (Å²) in [6.45, 7) is 2.34. The molecule has 0 aliphatic carbocycles. The Hall–Kier alpha value is -1.84. The molecule has 2 heterocycles. The molecule has 0 atom stereocenters. The minimum atomic E-state index is -0.226. The van der Waals surface area contributed by atoms with E-state index >= 15 is 0 Å². The fraction of sp³-hybridized carbons (Fsp3) is 0.273. The van der Waals surface area contributed by atoms with Crippen molar-refractivity contribution in [2.75, 3.05) is 11.9 Å². The van der Waals surface area contributed by atoms with E-state index in [4.69, 9.17) is 4.74 Å². The van der Waals surface area contributed by atoms with Crippen molar-refractivity contribution in [3.8, 4) is 0 Å². The van der Waals surface area contributed by atoms with Crippen molar-refractivity contribution in [2.24, 2.45) is 0 Å². The van der Waals surface area contributed by atoms with Gasteiger partial charge in [-0.1, -0.05) is 6.07 Å². The number of carbonyl (C=O) groups excluding carboxylic acids is 1. The van der Waals surface area contributed by atoms with Crippen molar-refractivity contribution < 1.29 is 9.53 Å². The lowest BCUT2D eigenvalue weighted by atomic mass is 10.2. The fourth-order valence-corrected chi connectivity index (χ4v) is 1.48. The third-order valence-corrected chi connectivity index (χ3v) is 2.26. The summed E-state index contributed by atoms with van der Waals surface area (Å²) in [5, 5.41) is 3.08. The van der Waals surface area contributed by atoms with E-state index in [1.54, 1.807) is 6.20 Å². The number of hydrogen-bond donors (Lipinski definition) is 1. The number of nitrogens with one attached hydrogen (secondary N) is 1. The molecule has 1 saturated heterocycles. The summed E-state index contributed by atoms with van der Waals surface area (Å²) in [7, 11) is 0. The first kappa shape index (κ1) is 9.71. The molecule has 0 aromatic carbocycles. The summed E-state index contributed by atoms with van der Waals surface area (Å²) in [5.74, 6) is 0.512. The van der Waals surface area contributed by atoms with E-state index in [9.17, 15) is 4.79 Å². The third-order valence-electron chi connectivity index (χ3n) is 2.26. The summed E-state index contributed by atoms with van der Waals surface area (Å²) in [5.41, 5.74) is 1.52. The number of pyridine rings is 1. The molecular weight excluding hydrogens is 192 g/mol. The molecule has 0 spiro atoms. The number of allylic oxidation sites excluding steroid dienone is 1. The number of cyclic esters (lactones) is 1. The molecule has 0 unspecified atom stereocenters. The highest BCUT2D eigenvalue weighted by Gasteiger charge is 2.21. The molecule has 78 valence electrons. The van der Waals surface area contributed by atoms with Crippen LogP contribution in [0.3, 0.4) is 0 Å². The average molecular weight is 204 g/mol. The molecule has 1 aromatic rings. The van der Waals surface area contributed by atoms with E-state index in [0.29, 0.717) is 18.6 Å². The van der Waals surface area contributed by atoms with Crippen molar-refractivity contribution in [1.82, 2.24) is 4.98 Å². The first-order chi connectivity index (χ1) is 7.27. The van der Waals surface area contributed by atoms with E-state index in [0.717, 1.165) is 11.5 Å². The number of esters is 1. The van der Waals surface area contributed by atoms with Crippen LogP contribution in [0.1, 0.15) is 13.3 Å². The van der Waals surface area contributed by atoms with Gasteiger partial charge in [0, 0.05) is 18.3 Å². The minimum absolute atomic E-state index is 0.226. The van der Waals surface area contributed by atoms with Crippen LogP contribution in [-0.2, 0) is 9.53 Å². The monoisotopic (exact) mass is 204 g/mol. The van der Waals surface area contributed by atoms with Gasteiger partial charge in [0.2, 0.25) is 0 Å². The van der Waals surface area contributed by atoms with Crippen LogP contribution in [0, 0.1) is 0 Å². The lowest BCUT2D eigenvalue weighted by molar-refractivity contribution is -0.135. The number of anilines is 1. The molecular formula is C11H12N2O2. The van der Waals surface area contributed by atoms with Gasteiger partial charge in [-0.25, -0.2) is 9.78 Å². The van der Waals surface area contributed by atoms with Crippen LogP contribution in [0.4, 0.5) is 5.82 Å². The molecule has 0 bridgehead atoms. The average Bonchev–Trinajstić information content (AvgIpc) is 2.66. The molecule has 1 N–H and O–H groups in total. The summed E-state index contributed by atoms with van der Waals surface area (Å²) in [6.07, 6.45) is 2.37. The number of hydrogen-bond acceptors (Lipinski definition) is 4. The number of nitrogens with zero attached hydrogens (tertiary/aromatic N) is 1. The Morgan fingerprint density at radius 3 is 3.00 bits per heavy atom. The number of aromatic nitrogens is 1. The predicted molar refractivity (Wildman–Crippen MR) is 56.1 cm³/mol. The van der Waals surface area contributed by atoms with Crippen LogP contribution >= 0.6 is 0 Å². The molecule has 1 fully saturated rings. The maximum Gasteiger partial charge on any atom is 0.335 e. The second-order valence-electron chi connectivity index (χ2n) is 3.33. The molecule has 4 heteroatoms. The summed E-state index contributed by atoms with van der Waals surface area (Å²) < 4.78 is 4.87. The second kappa shape index (κ2) is 4.13. The van der Waals surface area contributed by atoms with Gasteiger partial charge in [0.25, 0.3) is 0 Å². The topological polar surface area (TPSA) is 51.2 Å². The predicted octanol–water partition coefficient (Wildman–Crippen LogP) is 1.71. The quantitative estimate of drug-likeness (QED) is 0.588. The van der Waals surface area contributed by atoms with Crippen LogP contribution in [0.5, 0.6) is 0 Å². The minimum Gasteiger partial charge on any atom is -0.462 e.